The number of carbonyl (C=O) groups is 2. The van der Waals surface area contributed by atoms with Crippen molar-refractivity contribution in [1.82, 2.24) is 24.8 Å². The molecule has 0 saturated carbocycles. The quantitative estimate of drug-likeness (QED) is 0.768. The summed E-state index contributed by atoms with van der Waals surface area (Å²) in [6.45, 7) is 4.91. The fraction of sp³-hybridized carbons (Fsp3) is 0.667. The number of aliphatic hydroxyl groups excluding tert-OH is 1. The Morgan fingerprint density at radius 3 is 2.62 bits per heavy atom. The van der Waals surface area contributed by atoms with E-state index in [-0.39, 0.29) is 30.4 Å². The third-order valence-corrected chi connectivity index (χ3v) is 3.45. The second-order valence-corrected chi connectivity index (χ2v) is 5.24. The van der Waals surface area contributed by atoms with Gasteiger partial charge in [0, 0.05) is 25.7 Å². The van der Waals surface area contributed by atoms with Gasteiger partial charge in [-0.1, -0.05) is 5.21 Å². The van der Waals surface area contributed by atoms with E-state index < -0.39 is 5.97 Å². The van der Waals surface area contributed by atoms with Crippen LogP contribution in [-0.4, -0.2) is 79.3 Å². The number of aromatic carboxylic acids is 1. The van der Waals surface area contributed by atoms with Gasteiger partial charge in [-0.2, -0.15) is 0 Å². The second-order valence-electron chi connectivity index (χ2n) is 5.24. The van der Waals surface area contributed by atoms with Crippen LogP contribution in [0.4, 0.5) is 4.79 Å². The van der Waals surface area contributed by atoms with E-state index in [1.807, 2.05) is 13.8 Å². The van der Waals surface area contributed by atoms with E-state index in [2.05, 4.69) is 10.3 Å². The van der Waals surface area contributed by atoms with Crippen LogP contribution in [-0.2, 0) is 0 Å². The van der Waals surface area contributed by atoms with E-state index in [0.29, 0.717) is 19.6 Å². The SMILES string of the molecule is CC(C)N(CCO)C(=O)N1CC(n2cc(C(=O)O)nn2)C1. The number of urea groups is 1. The molecule has 0 aliphatic carbocycles. The minimum absolute atomic E-state index is 0.00804. The molecule has 21 heavy (non-hydrogen) atoms. The number of aromatic nitrogens is 3. The molecule has 9 heteroatoms. The molecule has 0 aromatic carbocycles. The van der Waals surface area contributed by atoms with Crippen molar-refractivity contribution in [2.45, 2.75) is 25.9 Å². The van der Waals surface area contributed by atoms with Crippen LogP contribution in [0.5, 0.6) is 0 Å². The molecule has 1 aliphatic heterocycles. The zero-order valence-electron chi connectivity index (χ0n) is 12.0. The molecule has 9 nitrogen and oxygen atoms in total. The van der Waals surface area contributed by atoms with Crippen molar-refractivity contribution in [3.05, 3.63) is 11.9 Å². The molecule has 0 radical (unpaired) electrons. The van der Waals surface area contributed by atoms with Gasteiger partial charge < -0.3 is 20.0 Å². The van der Waals surface area contributed by atoms with Gasteiger partial charge >= 0.3 is 12.0 Å². The average molecular weight is 297 g/mol. The first kappa shape index (κ1) is 15.2. The monoisotopic (exact) mass is 297 g/mol. The molecule has 0 unspecified atom stereocenters. The van der Waals surface area contributed by atoms with Crippen molar-refractivity contribution in [2.75, 3.05) is 26.2 Å². The normalized spacial score (nSPS) is 15.1. The smallest absolute Gasteiger partial charge is 0.358 e. The number of carboxylic acids is 1. The number of hydrogen-bond acceptors (Lipinski definition) is 5. The van der Waals surface area contributed by atoms with E-state index in [4.69, 9.17) is 10.2 Å². The van der Waals surface area contributed by atoms with Crippen molar-refractivity contribution in [3.8, 4) is 0 Å². The van der Waals surface area contributed by atoms with Crippen molar-refractivity contribution in [1.29, 1.82) is 0 Å². The first-order chi connectivity index (χ1) is 9.93. The van der Waals surface area contributed by atoms with E-state index in [9.17, 15) is 9.59 Å². The van der Waals surface area contributed by atoms with Crippen LogP contribution in [0.3, 0.4) is 0 Å². The number of carbonyl (C=O) groups excluding carboxylic acids is 1. The van der Waals surface area contributed by atoms with E-state index in [1.165, 1.54) is 10.9 Å². The lowest BCUT2D eigenvalue weighted by Gasteiger charge is -2.42. The van der Waals surface area contributed by atoms with Crippen LogP contribution in [0.25, 0.3) is 0 Å². The highest BCUT2D eigenvalue weighted by molar-refractivity contribution is 5.84. The third kappa shape index (κ3) is 3.13. The van der Waals surface area contributed by atoms with Crippen molar-refractivity contribution < 1.29 is 19.8 Å². The summed E-state index contributed by atoms with van der Waals surface area (Å²) in [5, 5.41) is 25.1. The summed E-state index contributed by atoms with van der Waals surface area (Å²) >= 11 is 0. The Balaban J connectivity index is 1.93. The molecular formula is C12H19N5O4. The molecule has 2 rings (SSSR count). The maximum atomic E-state index is 12.2. The molecule has 1 aliphatic rings. The van der Waals surface area contributed by atoms with Crippen LogP contribution < -0.4 is 0 Å². The fourth-order valence-corrected chi connectivity index (χ4v) is 2.20. The first-order valence-electron chi connectivity index (χ1n) is 6.75. The van der Waals surface area contributed by atoms with Crippen LogP contribution >= 0.6 is 0 Å². The van der Waals surface area contributed by atoms with Crippen LogP contribution in [0.2, 0.25) is 0 Å². The molecule has 0 bridgehead atoms. The van der Waals surface area contributed by atoms with Gasteiger partial charge in [-0.15, -0.1) is 5.10 Å². The van der Waals surface area contributed by atoms with Gasteiger partial charge in [0.05, 0.1) is 18.8 Å². The standard InChI is InChI=1S/C12H19N5O4/c1-8(2)16(3-4-18)12(21)15-5-9(6-15)17-7-10(11(19)20)13-14-17/h7-9,18H,3-6H2,1-2H3,(H,19,20). The molecule has 1 aromatic heterocycles. The Hall–Kier alpha value is -2.16. The molecule has 2 N–H and O–H groups in total. The Labute approximate surface area is 121 Å². The minimum Gasteiger partial charge on any atom is -0.476 e. The van der Waals surface area contributed by atoms with Crippen molar-refractivity contribution in [2.24, 2.45) is 0 Å². The predicted octanol–water partition coefficient (Wildman–Crippen LogP) is -0.344. The molecule has 0 spiro atoms. The van der Waals surface area contributed by atoms with Gasteiger partial charge in [-0.3, -0.25) is 0 Å². The van der Waals surface area contributed by atoms with Gasteiger partial charge in [0.15, 0.2) is 5.69 Å². The van der Waals surface area contributed by atoms with Gasteiger partial charge in [0.2, 0.25) is 0 Å². The summed E-state index contributed by atoms with van der Waals surface area (Å²) in [6, 6.07) is -0.180. The number of likely N-dealkylation sites (tertiary alicyclic amines) is 1. The molecule has 1 aromatic rings. The largest absolute Gasteiger partial charge is 0.476 e. The zero-order valence-corrected chi connectivity index (χ0v) is 12.0. The summed E-state index contributed by atoms with van der Waals surface area (Å²) in [5.74, 6) is -1.12. The number of rotatable bonds is 5. The molecule has 2 amide bonds. The summed E-state index contributed by atoms with van der Waals surface area (Å²) in [4.78, 5) is 26.2. The Morgan fingerprint density at radius 2 is 2.14 bits per heavy atom. The van der Waals surface area contributed by atoms with Crippen LogP contribution in [0.15, 0.2) is 6.20 Å². The number of nitrogens with zero attached hydrogens (tertiary/aromatic N) is 5. The maximum absolute atomic E-state index is 12.2. The Morgan fingerprint density at radius 1 is 1.48 bits per heavy atom. The summed E-state index contributed by atoms with van der Waals surface area (Å²) in [7, 11) is 0. The second kappa shape index (κ2) is 6.08. The highest BCUT2D eigenvalue weighted by atomic mass is 16.4. The molecule has 116 valence electrons. The highest BCUT2D eigenvalue weighted by Gasteiger charge is 2.35. The Kier molecular flexibility index (Phi) is 4.41. The van der Waals surface area contributed by atoms with Gasteiger partial charge in [-0.05, 0) is 13.8 Å². The van der Waals surface area contributed by atoms with E-state index in [1.54, 1.807) is 9.80 Å². The fourth-order valence-electron chi connectivity index (χ4n) is 2.20. The molecular weight excluding hydrogens is 278 g/mol. The lowest BCUT2D eigenvalue weighted by molar-refractivity contribution is 0.0687. The zero-order chi connectivity index (χ0) is 15.6. The van der Waals surface area contributed by atoms with E-state index in [0.717, 1.165) is 0 Å². The highest BCUT2D eigenvalue weighted by Crippen LogP contribution is 2.22. The lowest BCUT2D eigenvalue weighted by Crippen LogP contribution is -2.57. The number of aliphatic hydroxyl groups is 1. The molecule has 0 atom stereocenters. The summed E-state index contributed by atoms with van der Waals surface area (Å²) in [6.07, 6.45) is 1.36. The van der Waals surface area contributed by atoms with Crippen LogP contribution in [0, 0.1) is 0 Å². The van der Waals surface area contributed by atoms with Gasteiger partial charge in [-0.25, -0.2) is 14.3 Å². The predicted molar refractivity (Wildman–Crippen MR) is 71.9 cm³/mol. The molecule has 2 heterocycles. The average Bonchev–Trinajstić information content (AvgIpc) is 2.83. The maximum Gasteiger partial charge on any atom is 0.358 e. The van der Waals surface area contributed by atoms with Crippen molar-refractivity contribution in [3.63, 3.8) is 0 Å². The van der Waals surface area contributed by atoms with Crippen molar-refractivity contribution >= 4 is 12.0 Å². The lowest BCUT2D eigenvalue weighted by atomic mass is 10.1. The number of hydrogen-bond donors (Lipinski definition) is 2. The Bertz CT molecular complexity index is 523. The summed E-state index contributed by atoms with van der Waals surface area (Å²) in [5.41, 5.74) is -0.108. The summed E-state index contributed by atoms with van der Waals surface area (Å²) < 4.78 is 1.47. The van der Waals surface area contributed by atoms with Gasteiger partial charge in [0.1, 0.15) is 0 Å². The molecule has 1 saturated heterocycles. The van der Waals surface area contributed by atoms with Gasteiger partial charge in [0.25, 0.3) is 0 Å². The van der Waals surface area contributed by atoms with E-state index >= 15 is 0 Å². The minimum atomic E-state index is -1.12. The number of carboxylic acid groups (broad SMARTS) is 1. The topological polar surface area (TPSA) is 112 Å². The van der Waals surface area contributed by atoms with Crippen LogP contribution in [0.1, 0.15) is 30.4 Å². The molecule has 1 fully saturated rings. The third-order valence-electron chi connectivity index (χ3n) is 3.45. The first-order valence-corrected chi connectivity index (χ1v) is 6.75. The number of amides is 2.